The van der Waals surface area contributed by atoms with Gasteiger partial charge in [0.2, 0.25) is 0 Å². The van der Waals surface area contributed by atoms with Crippen molar-refractivity contribution in [1.29, 1.82) is 0 Å². The predicted octanol–water partition coefficient (Wildman–Crippen LogP) is 3.46. The van der Waals surface area contributed by atoms with Gasteiger partial charge in [0.1, 0.15) is 0 Å². The van der Waals surface area contributed by atoms with Crippen LogP contribution in [0, 0.1) is 0 Å². The minimum Gasteiger partial charge on any atom is -0.493 e. The highest BCUT2D eigenvalue weighted by atomic mass is 16.5. The summed E-state index contributed by atoms with van der Waals surface area (Å²) >= 11 is 0. The molecule has 0 aromatic heterocycles. The number of ether oxygens (including phenoxy) is 3. The first-order chi connectivity index (χ1) is 13.0. The van der Waals surface area contributed by atoms with Crippen molar-refractivity contribution in [3.8, 4) is 11.5 Å². The van der Waals surface area contributed by atoms with Crippen LogP contribution >= 0.6 is 0 Å². The van der Waals surface area contributed by atoms with E-state index in [-0.39, 0.29) is 6.03 Å². The second-order valence-electron chi connectivity index (χ2n) is 6.26. The van der Waals surface area contributed by atoms with E-state index in [2.05, 4.69) is 17.6 Å². The largest absolute Gasteiger partial charge is 0.493 e. The molecule has 0 radical (unpaired) electrons. The normalized spacial score (nSPS) is 16.4. The molecule has 0 saturated heterocycles. The zero-order chi connectivity index (χ0) is 19.8. The molecule has 1 aliphatic heterocycles. The molecule has 7 nitrogen and oxygen atoms in total. The number of esters is 1. The summed E-state index contributed by atoms with van der Waals surface area (Å²) in [5, 5.41) is 5.44. The van der Waals surface area contributed by atoms with Gasteiger partial charge >= 0.3 is 12.0 Å². The summed E-state index contributed by atoms with van der Waals surface area (Å²) in [6.07, 6.45) is 2.86. The zero-order valence-corrected chi connectivity index (χ0v) is 16.4. The van der Waals surface area contributed by atoms with Crippen molar-refractivity contribution in [3.05, 3.63) is 35.0 Å². The molecular weight excluding hydrogens is 348 g/mol. The summed E-state index contributed by atoms with van der Waals surface area (Å²) in [4.78, 5) is 24.6. The molecule has 7 heteroatoms. The highest BCUT2D eigenvalue weighted by Crippen LogP contribution is 2.34. The third kappa shape index (κ3) is 5.15. The van der Waals surface area contributed by atoms with Crippen LogP contribution in [0.4, 0.5) is 4.79 Å². The standard InChI is InChI=1S/C20H28N2O5/c1-5-7-8-11-27-19(23)17-13(3)21-20(24)22-18(17)14-9-10-15(26-6-2)16(12-14)25-4/h9-10,12,18H,5-8,11H2,1-4H3,(H2,21,22,24). The Balaban J connectivity index is 2.30. The first-order valence-electron chi connectivity index (χ1n) is 9.27. The van der Waals surface area contributed by atoms with Crippen molar-refractivity contribution in [3.63, 3.8) is 0 Å². The summed E-state index contributed by atoms with van der Waals surface area (Å²) in [7, 11) is 1.55. The summed E-state index contributed by atoms with van der Waals surface area (Å²) in [6.45, 7) is 6.54. The lowest BCUT2D eigenvalue weighted by molar-refractivity contribution is -0.139. The third-order valence-electron chi connectivity index (χ3n) is 4.29. The molecule has 0 spiro atoms. The number of allylic oxidation sites excluding steroid dienone is 1. The Morgan fingerprint density at radius 3 is 2.63 bits per heavy atom. The lowest BCUT2D eigenvalue weighted by Gasteiger charge is -2.28. The summed E-state index contributed by atoms with van der Waals surface area (Å²) in [5.74, 6) is 0.706. The van der Waals surface area contributed by atoms with E-state index in [1.165, 1.54) is 0 Å². The third-order valence-corrected chi connectivity index (χ3v) is 4.29. The molecule has 2 rings (SSSR count). The number of hydrogen-bond donors (Lipinski definition) is 2. The van der Waals surface area contributed by atoms with Crippen LogP contribution in [0.2, 0.25) is 0 Å². The maximum absolute atomic E-state index is 12.7. The molecular formula is C20H28N2O5. The molecule has 148 valence electrons. The molecule has 1 unspecified atom stereocenters. The molecule has 1 aliphatic rings. The average Bonchev–Trinajstić information content (AvgIpc) is 2.65. The topological polar surface area (TPSA) is 85.9 Å². The molecule has 0 aliphatic carbocycles. The number of methoxy groups -OCH3 is 1. The number of urea groups is 1. The number of hydrogen-bond acceptors (Lipinski definition) is 5. The van der Waals surface area contributed by atoms with Crippen molar-refractivity contribution in [1.82, 2.24) is 10.6 Å². The lowest BCUT2D eigenvalue weighted by atomic mass is 9.95. The van der Waals surface area contributed by atoms with Crippen molar-refractivity contribution in [2.45, 2.75) is 46.1 Å². The maximum Gasteiger partial charge on any atom is 0.338 e. The Morgan fingerprint density at radius 2 is 1.96 bits per heavy atom. The smallest absolute Gasteiger partial charge is 0.338 e. The van der Waals surface area contributed by atoms with Crippen LogP contribution in [0.3, 0.4) is 0 Å². The van der Waals surface area contributed by atoms with Gasteiger partial charge in [0.05, 0.1) is 31.9 Å². The van der Waals surface area contributed by atoms with Crippen LogP contribution in [-0.4, -0.2) is 32.3 Å². The van der Waals surface area contributed by atoms with Crippen molar-refractivity contribution in [2.24, 2.45) is 0 Å². The van der Waals surface area contributed by atoms with Crippen LogP contribution in [0.5, 0.6) is 11.5 Å². The Bertz CT molecular complexity index is 714. The summed E-state index contributed by atoms with van der Waals surface area (Å²) in [6, 6.07) is 4.35. The van der Waals surface area contributed by atoms with Crippen LogP contribution in [0.15, 0.2) is 29.5 Å². The molecule has 27 heavy (non-hydrogen) atoms. The molecule has 2 N–H and O–H groups in total. The van der Waals surface area contributed by atoms with Gasteiger partial charge in [-0.15, -0.1) is 0 Å². The molecule has 0 saturated carbocycles. The minimum absolute atomic E-state index is 0.358. The Hall–Kier alpha value is -2.70. The van der Waals surface area contributed by atoms with Crippen LogP contribution in [0.1, 0.15) is 51.6 Å². The molecule has 1 aromatic rings. The Kier molecular flexibility index (Phi) is 7.52. The van der Waals surface area contributed by atoms with Gasteiger partial charge in [0, 0.05) is 5.70 Å². The zero-order valence-electron chi connectivity index (χ0n) is 16.4. The highest BCUT2D eigenvalue weighted by Gasteiger charge is 2.32. The van der Waals surface area contributed by atoms with Crippen molar-refractivity contribution >= 4 is 12.0 Å². The van der Waals surface area contributed by atoms with Crippen LogP contribution in [0.25, 0.3) is 0 Å². The quantitative estimate of drug-likeness (QED) is 0.509. The molecule has 0 fully saturated rings. The lowest BCUT2D eigenvalue weighted by Crippen LogP contribution is -2.45. The number of unbranched alkanes of at least 4 members (excludes halogenated alkanes) is 2. The molecule has 0 bridgehead atoms. The van der Waals surface area contributed by atoms with Gasteiger partial charge in [-0.3, -0.25) is 0 Å². The van der Waals surface area contributed by atoms with E-state index in [1.54, 1.807) is 32.2 Å². The van der Waals surface area contributed by atoms with Gasteiger partial charge in [-0.05, 0) is 38.0 Å². The number of amides is 2. The number of carbonyl (C=O) groups excluding carboxylic acids is 2. The number of benzene rings is 1. The van der Waals surface area contributed by atoms with E-state index < -0.39 is 12.0 Å². The summed E-state index contributed by atoms with van der Waals surface area (Å²) in [5.41, 5.74) is 1.58. The monoisotopic (exact) mass is 376 g/mol. The van der Waals surface area contributed by atoms with E-state index in [9.17, 15) is 9.59 Å². The van der Waals surface area contributed by atoms with E-state index in [0.29, 0.717) is 41.5 Å². The Labute approximate surface area is 160 Å². The second-order valence-corrected chi connectivity index (χ2v) is 6.26. The highest BCUT2D eigenvalue weighted by molar-refractivity contribution is 5.95. The molecule has 1 atom stereocenters. The van der Waals surface area contributed by atoms with Crippen molar-refractivity contribution < 1.29 is 23.8 Å². The van der Waals surface area contributed by atoms with Gasteiger partial charge in [0.25, 0.3) is 0 Å². The minimum atomic E-state index is -0.623. The summed E-state index contributed by atoms with van der Waals surface area (Å²) < 4.78 is 16.3. The maximum atomic E-state index is 12.7. The van der Waals surface area contributed by atoms with E-state index in [4.69, 9.17) is 14.2 Å². The van der Waals surface area contributed by atoms with E-state index in [0.717, 1.165) is 19.3 Å². The van der Waals surface area contributed by atoms with Gasteiger partial charge in [-0.2, -0.15) is 0 Å². The number of carbonyl (C=O) groups is 2. The second kappa shape index (κ2) is 9.85. The van der Waals surface area contributed by atoms with Crippen LogP contribution in [-0.2, 0) is 9.53 Å². The predicted molar refractivity (Wildman–Crippen MR) is 102 cm³/mol. The molecule has 1 heterocycles. The fourth-order valence-corrected chi connectivity index (χ4v) is 2.95. The van der Waals surface area contributed by atoms with E-state index >= 15 is 0 Å². The van der Waals surface area contributed by atoms with Crippen molar-refractivity contribution in [2.75, 3.05) is 20.3 Å². The number of nitrogens with one attached hydrogen (secondary N) is 2. The van der Waals surface area contributed by atoms with Gasteiger partial charge in [-0.25, -0.2) is 9.59 Å². The number of rotatable bonds is 9. The fourth-order valence-electron chi connectivity index (χ4n) is 2.95. The van der Waals surface area contributed by atoms with E-state index in [1.807, 2.05) is 6.92 Å². The SMILES string of the molecule is CCCCCOC(=O)C1=C(C)NC(=O)NC1c1ccc(OCC)c(OC)c1. The first-order valence-corrected chi connectivity index (χ1v) is 9.27. The van der Waals surface area contributed by atoms with Gasteiger partial charge in [0.15, 0.2) is 11.5 Å². The first kappa shape index (κ1) is 20.6. The van der Waals surface area contributed by atoms with Gasteiger partial charge < -0.3 is 24.8 Å². The average molecular weight is 376 g/mol. The Morgan fingerprint density at radius 1 is 1.19 bits per heavy atom. The molecule has 2 amide bonds. The van der Waals surface area contributed by atoms with Crippen LogP contribution < -0.4 is 20.1 Å². The fraction of sp³-hybridized carbons (Fsp3) is 0.500. The van der Waals surface area contributed by atoms with Gasteiger partial charge in [-0.1, -0.05) is 25.8 Å². The molecule has 1 aromatic carbocycles.